The van der Waals surface area contributed by atoms with E-state index in [-0.39, 0.29) is 55.0 Å². The molecule has 0 atom stereocenters. The summed E-state index contributed by atoms with van der Waals surface area (Å²) in [7, 11) is 11.8. The first-order valence-corrected chi connectivity index (χ1v) is 53.2. The SMILES string of the molecule is COc1cc(C=O)c(C=O)cc1OC.COc1ccc(C=O)cc1OCCCCCCCCCCOc1cc(C=O)ccc1OC.O=C1c2cc(S(=O)(=O)Cl)ccc2-c2ccc(S(=O)(=O)Cl)cc21.O=CC(C=O)c1ccccn1.O=Cc1ccc(-c2ccc(C=O)cc2)cc1.O=Cc1cccc(C=O)c1.O=Cc1ccccc1OCCOc1ccccc1C=O.O=S(=O)(Cl)c1ccc2c(c1)Cc1cc(S(=O)(=O)Cl)ccc1-2. The van der Waals surface area contributed by atoms with Gasteiger partial charge in [-0.3, -0.25) is 57.7 Å². The zero-order valence-corrected chi connectivity index (χ0v) is 84.8. The molecule has 0 radical (unpaired) electrons. The van der Waals surface area contributed by atoms with Gasteiger partial charge in [-0.2, -0.15) is 0 Å². The maximum atomic E-state index is 12.4. The highest BCUT2D eigenvalue weighted by Crippen LogP contribution is 2.42. The summed E-state index contributed by atoms with van der Waals surface area (Å²) < 4.78 is 134. The summed E-state index contributed by atoms with van der Waals surface area (Å²) in [5.41, 5.74) is 12.3. The van der Waals surface area contributed by atoms with Crippen molar-refractivity contribution in [1.82, 2.24) is 4.98 Å². The average molecular weight is 2140 g/mol. The van der Waals surface area contributed by atoms with Gasteiger partial charge in [0.25, 0.3) is 36.2 Å². The van der Waals surface area contributed by atoms with Crippen molar-refractivity contribution < 1.29 is 134 Å². The molecule has 146 heavy (non-hydrogen) atoms. The van der Waals surface area contributed by atoms with Crippen LogP contribution in [0.15, 0.2) is 287 Å². The summed E-state index contributed by atoms with van der Waals surface area (Å²) in [6, 6.07) is 70.6. The van der Waals surface area contributed by atoms with Gasteiger partial charge in [0.15, 0.2) is 65.4 Å². The van der Waals surface area contributed by atoms with E-state index in [1.54, 1.807) is 184 Å². The number of hydrogen-bond acceptors (Lipinski definition) is 30. The van der Waals surface area contributed by atoms with E-state index < -0.39 is 47.9 Å². The number of fused-ring (bicyclic) bond motifs is 6. The number of aldehydes is 12. The van der Waals surface area contributed by atoms with E-state index in [1.165, 1.54) is 113 Å². The van der Waals surface area contributed by atoms with Gasteiger partial charge >= 0.3 is 0 Å². The zero-order chi connectivity index (χ0) is 106. The maximum Gasteiger partial charge on any atom is 0.261 e. The van der Waals surface area contributed by atoms with E-state index in [2.05, 4.69) is 4.98 Å². The van der Waals surface area contributed by atoms with Crippen molar-refractivity contribution in [2.75, 3.05) is 54.9 Å². The number of ether oxygens (including phenoxy) is 8. The van der Waals surface area contributed by atoms with Crippen LogP contribution in [0, 0.1) is 0 Å². The van der Waals surface area contributed by atoms with Crippen molar-refractivity contribution in [1.29, 1.82) is 0 Å². The van der Waals surface area contributed by atoms with Crippen LogP contribution in [0.4, 0.5) is 0 Å². The number of methoxy groups -OCH3 is 4. The fourth-order valence-corrected chi connectivity index (χ4v) is 17.1. The number of hydrogen-bond donors (Lipinski definition) is 0. The van der Waals surface area contributed by atoms with E-state index >= 15 is 0 Å². The molecule has 2 aliphatic rings. The first-order valence-electron chi connectivity index (χ1n) is 44.0. The molecule has 0 spiro atoms. The van der Waals surface area contributed by atoms with Crippen LogP contribution < -0.4 is 37.9 Å². The van der Waals surface area contributed by atoms with Gasteiger partial charge in [0, 0.05) is 105 Å². The fraction of sp³-hybridized carbons (Fsp3) is 0.167. The van der Waals surface area contributed by atoms with Crippen LogP contribution in [-0.4, -0.2) is 175 Å². The van der Waals surface area contributed by atoms with Gasteiger partial charge in [-0.15, -0.1) is 0 Å². The molecule has 0 unspecified atom stereocenters. The number of pyridine rings is 1. The highest BCUT2D eigenvalue weighted by molar-refractivity contribution is 8.14. The number of rotatable bonds is 40. The highest BCUT2D eigenvalue weighted by atomic mass is 35.7. The van der Waals surface area contributed by atoms with E-state index in [9.17, 15) is 96.0 Å². The largest absolute Gasteiger partial charge is 0.493 e. The molecule has 0 N–H and O–H groups in total. The topological polar surface area (TPSA) is 445 Å². The Morgan fingerprint density at radius 1 is 0.274 bits per heavy atom. The molecule has 758 valence electrons. The third-order valence-corrected chi connectivity index (χ3v) is 26.8. The molecule has 1 heterocycles. The van der Waals surface area contributed by atoms with Crippen molar-refractivity contribution in [3.05, 3.63) is 351 Å². The second-order valence-corrected chi connectivity index (χ2v) is 41.2. The van der Waals surface area contributed by atoms with E-state index in [4.69, 9.17) is 80.6 Å². The Morgan fingerprint density at radius 3 is 0.925 bits per heavy atom. The van der Waals surface area contributed by atoms with Crippen LogP contribution in [0.2, 0.25) is 0 Å². The van der Waals surface area contributed by atoms with Crippen LogP contribution in [-0.2, 0) is 52.2 Å². The van der Waals surface area contributed by atoms with Crippen molar-refractivity contribution in [2.45, 2.75) is 83.3 Å². The number of nitrogens with zero attached hydrogens (tertiary/aromatic N) is 1. The van der Waals surface area contributed by atoms with Gasteiger partial charge in [-0.05, 0) is 203 Å². The lowest BCUT2D eigenvalue weighted by Crippen LogP contribution is -2.10. The molecular formula is C108H95Cl4NO29S4. The van der Waals surface area contributed by atoms with Gasteiger partial charge in [0.1, 0.15) is 80.9 Å². The second-order valence-electron chi connectivity index (χ2n) is 30.9. The first kappa shape index (κ1) is 116. The number of carbonyl (C=O) groups excluding carboxylic acids is 13. The molecule has 0 saturated carbocycles. The Labute approximate surface area is 860 Å². The molecule has 1 aromatic heterocycles. The molecule has 0 fully saturated rings. The summed E-state index contributed by atoms with van der Waals surface area (Å²) in [5.74, 6) is 3.25. The Balaban J connectivity index is 0.000000208. The quantitative estimate of drug-likeness (QED) is 0.0149. The van der Waals surface area contributed by atoms with Crippen LogP contribution in [0.1, 0.15) is 194 Å². The molecule has 13 aromatic rings. The van der Waals surface area contributed by atoms with Crippen LogP contribution in [0.25, 0.3) is 33.4 Å². The summed E-state index contributed by atoms with van der Waals surface area (Å²) in [5, 5.41) is 0. The normalized spacial score (nSPS) is 11.0. The van der Waals surface area contributed by atoms with E-state index in [0.29, 0.717) is 165 Å². The van der Waals surface area contributed by atoms with E-state index in [0.717, 1.165) is 96.8 Å². The first-order chi connectivity index (χ1) is 70.1. The predicted octanol–water partition coefficient (Wildman–Crippen LogP) is 20.7. The Hall–Kier alpha value is -15.1. The molecule has 0 aliphatic heterocycles. The third kappa shape index (κ3) is 35.1. The highest BCUT2D eigenvalue weighted by Gasteiger charge is 2.31. The average Bonchev–Trinajstić information content (AvgIpc) is 1.60. The molecular weight excluding hydrogens is 2050 g/mol. The summed E-state index contributed by atoms with van der Waals surface area (Å²) in [6.45, 7) is 1.81. The predicted molar refractivity (Wildman–Crippen MR) is 551 cm³/mol. The standard InChI is InChI=1S/C26H34O6.C16H14O4.C14H10O2.C13H6Cl2O5S2.C13H8Cl2O4S2.C10H10O4.C8H7NO2.C8H6O2/c1-29-23-13-11-21(19-27)17-25(23)31-15-9-7-5-3-4-6-8-10-16-32-26-18-22(20-28)12-14-24(26)30-2;17-11-13-5-1-3-7-15(13)19-9-10-20-16-8-4-2-6-14(16)12-18;15-9-11-1-5-13(6-2-11)14-7-3-12(10-16)4-8-14;14-21(17,18)7-1-3-9-10-4-2-8(22(15,19)20)6-12(10)13(16)11(9)5-7;14-20(16,17)10-1-3-12-8(6-10)5-9-7-11(21(15,18)19)2-4-13(9)12;1-13-9-3-7(5-11)8(6-12)4-10(9)14-2;10-5-7(6-11)8-3-1-2-4-9-8;9-5-7-2-1-3-8(4-7)6-10/h11-14,17-20H,3-10,15-16H2,1-2H3;1-8,11-12H,9-10H2;1-10H;1-6H;1-4,6-7H,5H2;3-6H,1-2H3;1-7H;1-6H. The van der Waals surface area contributed by atoms with Gasteiger partial charge in [-0.1, -0.05) is 160 Å². The number of para-hydroxylation sites is 2. The lowest BCUT2D eigenvalue weighted by molar-refractivity contribution is -0.116. The Bertz CT molecular complexity index is 6880. The van der Waals surface area contributed by atoms with E-state index in [1.807, 2.05) is 24.3 Å². The summed E-state index contributed by atoms with van der Waals surface area (Å²) in [6.07, 6.45) is 19.5. The summed E-state index contributed by atoms with van der Waals surface area (Å²) >= 11 is 0. The van der Waals surface area contributed by atoms with Crippen LogP contribution in [0.3, 0.4) is 0 Å². The second kappa shape index (κ2) is 58.6. The number of unbranched alkanes of at least 4 members (excludes halogenated alkanes) is 7. The van der Waals surface area contributed by atoms with Gasteiger partial charge in [-0.25, -0.2) is 33.7 Å². The van der Waals surface area contributed by atoms with Crippen molar-refractivity contribution in [3.8, 4) is 79.4 Å². The minimum Gasteiger partial charge on any atom is -0.493 e. The zero-order valence-electron chi connectivity index (χ0n) is 78.5. The number of benzene rings is 12. The number of aromatic nitrogens is 1. The lowest BCUT2D eigenvalue weighted by atomic mass is 10.0. The Kier molecular flexibility index (Phi) is 46.6. The fourth-order valence-electron chi connectivity index (χ4n) is 14.0. The van der Waals surface area contributed by atoms with Gasteiger partial charge in [0.2, 0.25) is 0 Å². The molecule has 0 amide bonds. The number of halogens is 4. The molecule has 0 bridgehead atoms. The molecule has 38 heteroatoms. The monoisotopic (exact) mass is 2140 g/mol. The molecule has 0 saturated heterocycles. The summed E-state index contributed by atoms with van der Waals surface area (Å²) in [4.78, 5) is 142. The molecule has 12 aromatic carbocycles. The Morgan fingerprint density at radius 2 is 0.596 bits per heavy atom. The lowest BCUT2D eigenvalue weighted by Gasteiger charge is -2.11. The van der Waals surface area contributed by atoms with Crippen molar-refractivity contribution >= 4 is 160 Å². The minimum atomic E-state index is -3.96. The van der Waals surface area contributed by atoms with Crippen molar-refractivity contribution in [3.63, 3.8) is 0 Å². The molecule has 2 aliphatic carbocycles. The minimum absolute atomic E-state index is 0.0286. The van der Waals surface area contributed by atoms with Crippen LogP contribution >= 0.6 is 42.7 Å². The smallest absolute Gasteiger partial charge is 0.261 e. The van der Waals surface area contributed by atoms with Crippen molar-refractivity contribution in [2.24, 2.45) is 0 Å². The molecule has 15 rings (SSSR count). The maximum absolute atomic E-state index is 12.4. The third-order valence-electron chi connectivity index (χ3n) is 21.4. The molecule has 30 nitrogen and oxygen atoms in total. The van der Waals surface area contributed by atoms with Gasteiger partial charge < -0.3 is 47.5 Å². The number of ketones is 1. The van der Waals surface area contributed by atoms with Crippen LogP contribution in [0.5, 0.6) is 46.0 Å². The van der Waals surface area contributed by atoms with Gasteiger partial charge in [0.05, 0.1) is 78.1 Å². The number of carbonyl (C=O) groups is 13.